The Morgan fingerprint density at radius 1 is 1.56 bits per heavy atom. The Morgan fingerprint density at radius 2 is 2.25 bits per heavy atom. The van der Waals surface area contributed by atoms with Gasteiger partial charge in [-0.05, 0) is 6.92 Å². The topological polar surface area (TPSA) is 93.7 Å². The van der Waals surface area contributed by atoms with E-state index < -0.39 is 30.8 Å². The number of urea groups is 1. The van der Waals surface area contributed by atoms with Crippen LogP contribution in [0.4, 0.5) is 4.79 Å². The van der Waals surface area contributed by atoms with Crippen LogP contribution < -0.4 is 10.6 Å². The van der Waals surface area contributed by atoms with Crippen LogP contribution >= 0.6 is 0 Å². The summed E-state index contributed by atoms with van der Waals surface area (Å²) in [4.78, 5) is 32.7. The van der Waals surface area contributed by atoms with Gasteiger partial charge in [0.15, 0.2) is 12.8 Å². The summed E-state index contributed by atoms with van der Waals surface area (Å²) in [5.74, 6) is -1.39. The SMILES string of the molecule is C=C(C)C(=O)OCC(=O)OC1CNC(=O)N1. The van der Waals surface area contributed by atoms with Crippen molar-refractivity contribution in [2.45, 2.75) is 13.2 Å². The van der Waals surface area contributed by atoms with Crippen LogP contribution in [0.5, 0.6) is 0 Å². The molecule has 88 valence electrons. The summed E-state index contributed by atoms with van der Waals surface area (Å²) >= 11 is 0. The van der Waals surface area contributed by atoms with Gasteiger partial charge >= 0.3 is 18.0 Å². The predicted molar refractivity (Wildman–Crippen MR) is 52.2 cm³/mol. The summed E-state index contributed by atoms with van der Waals surface area (Å²) in [5, 5.41) is 4.75. The molecule has 0 aromatic rings. The molecule has 2 amide bonds. The van der Waals surface area contributed by atoms with Crippen molar-refractivity contribution in [1.29, 1.82) is 0 Å². The zero-order valence-corrected chi connectivity index (χ0v) is 8.74. The van der Waals surface area contributed by atoms with E-state index >= 15 is 0 Å². The summed E-state index contributed by atoms with van der Waals surface area (Å²) < 4.78 is 9.33. The minimum atomic E-state index is -0.733. The number of carbonyl (C=O) groups excluding carboxylic acids is 3. The first-order valence-corrected chi connectivity index (χ1v) is 4.55. The fraction of sp³-hybridized carbons (Fsp3) is 0.444. The number of ether oxygens (including phenoxy) is 2. The molecule has 0 aromatic carbocycles. The lowest BCUT2D eigenvalue weighted by Gasteiger charge is -2.10. The summed E-state index contributed by atoms with van der Waals surface area (Å²) in [6.07, 6.45) is -0.719. The van der Waals surface area contributed by atoms with E-state index in [0.29, 0.717) is 0 Å². The number of hydrogen-bond donors (Lipinski definition) is 2. The van der Waals surface area contributed by atoms with Crippen molar-refractivity contribution in [3.8, 4) is 0 Å². The van der Waals surface area contributed by atoms with Gasteiger partial charge < -0.3 is 20.1 Å². The molecule has 1 unspecified atom stereocenters. The van der Waals surface area contributed by atoms with Gasteiger partial charge in [0, 0.05) is 5.57 Å². The van der Waals surface area contributed by atoms with Crippen LogP contribution in [0.3, 0.4) is 0 Å². The van der Waals surface area contributed by atoms with Crippen molar-refractivity contribution in [1.82, 2.24) is 10.6 Å². The highest BCUT2D eigenvalue weighted by atomic mass is 16.6. The van der Waals surface area contributed by atoms with Crippen molar-refractivity contribution in [2.24, 2.45) is 0 Å². The number of hydrogen-bond acceptors (Lipinski definition) is 5. The Morgan fingerprint density at radius 3 is 2.75 bits per heavy atom. The summed E-state index contributed by atoms with van der Waals surface area (Å²) in [6.45, 7) is 4.51. The van der Waals surface area contributed by atoms with Gasteiger partial charge in [0.2, 0.25) is 0 Å². The maximum atomic E-state index is 11.1. The predicted octanol–water partition coefficient (Wildman–Crippen LogP) is -0.712. The minimum Gasteiger partial charge on any atom is -0.450 e. The molecule has 1 heterocycles. The molecule has 2 N–H and O–H groups in total. The van der Waals surface area contributed by atoms with E-state index in [9.17, 15) is 14.4 Å². The van der Waals surface area contributed by atoms with E-state index in [0.717, 1.165) is 0 Å². The maximum absolute atomic E-state index is 11.1. The van der Waals surface area contributed by atoms with E-state index in [1.165, 1.54) is 6.92 Å². The average Bonchev–Trinajstić information content (AvgIpc) is 2.60. The third-order valence-electron chi connectivity index (χ3n) is 1.68. The Labute approximate surface area is 91.8 Å². The first kappa shape index (κ1) is 12.0. The van der Waals surface area contributed by atoms with Crippen LogP contribution in [-0.4, -0.2) is 37.3 Å². The second kappa shape index (κ2) is 5.15. The second-order valence-corrected chi connectivity index (χ2v) is 3.19. The number of amides is 2. The molecule has 1 aliphatic rings. The zero-order chi connectivity index (χ0) is 12.1. The molecule has 16 heavy (non-hydrogen) atoms. The van der Waals surface area contributed by atoms with Gasteiger partial charge in [0.1, 0.15) is 0 Å². The molecular formula is C9H12N2O5. The molecule has 0 saturated carbocycles. The normalized spacial score (nSPS) is 18.3. The van der Waals surface area contributed by atoms with Gasteiger partial charge in [-0.2, -0.15) is 0 Å². The first-order chi connectivity index (χ1) is 7.49. The largest absolute Gasteiger partial charge is 0.450 e. The van der Waals surface area contributed by atoms with Crippen molar-refractivity contribution < 1.29 is 23.9 Å². The third-order valence-corrected chi connectivity index (χ3v) is 1.68. The van der Waals surface area contributed by atoms with Crippen LogP contribution in [0, 0.1) is 0 Å². The molecule has 1 saturated heterocycles. The number of nitrogens with one attached hydrogen (secondary N) is 2. The fourth-order valence-electron chi connectivity index (χ4n) is 0.945. The monoisotopic (exact) mass is 228 g/mol. The average molecular weight is 228 g/mol. The first-order valence-electron chi connectivity index (χ1n) is 4.55. The molecule has 1 aliphatic heterocycles. The van der Waals surface area contributed by atoms with Crippen LogP contribution in [0.2, 0.25) is 0 Å². The minimum absolute atomic E-state index is 0.193. The number of rotatable bonds is 4. The molecular weight excluding hydrogens is 216 g/mol. The van der Waals surface area contributed by atoms with Crippen LogP contribution in [0.25, 0.3) is 0 Å². The molecule has 0 aromatic heterocycles. The van der Waals surface area contributed by atoms with E-state index in [1.807, 2.05) is 0 Å². The Hall–Kier alpha value is -2.05. The van der Waals surface area contributed by atoms with Gasteiger partial charge in [0.05, 0.1) is 6.54 Å². The Bertz CT molecular complexity index is 339. The lowest BCUT2D eigenvalue weighted by molar-refractivity contribution is -0.160. The molecule has 1 fully saturated rings. The lowest BCUT2D eigenvalue weighted by atomic mass is 10.4. The van der Waals surface area contributed by atoms with Crippen LogP contribution in [0.1, 0.15) is 6.92 Å². The van der Waals surface area contributed by atoms with Gasteiger partial charge in [0.25, 0.3) is 0 Å². The summed E-state index contributed by atoms with van der Waals surface area (Å²) in [7, 11) is 0. The standard InChI is InChI=1S/C9H12N2O5/c1-5(2)8(13)15-4-7(12)16-6-3-10-9(14)11-6/h6H,1,3-4H2,2H3,(H2,10,11,14). The quantitative estimate of drug-likeness (QED) is 0.489. The molecule has 0 bridgehead atoms. The van der Waals surface area contributed by atoms with Crippen molar-refractivity contribution >= 4 is 18.0 Å². The third kappa shape index (κ3) is 3.60. The lowest BCUT2D eigenvalue weighted by Crippen LogP contribution is -2.33. The van der Waals surface area contributed by atoms with E-state index in [2.05, 4.69) is 21.9 Å². The molecule has 1 rings (SSSR count). The second-order valence-electron chi connectivity index (χ2n) is 3.19. The molecule has 7 heteroatoms. The van der Waals surface area contributed by atoms with Crippen molar-refractivity contribution in [2.75, 3.05) is 13.2 Å². The van der Waals surface area contributed by atoms with Gasteiger partial charge in [-0.1, -0.05) is 6.58 Å². The van der Waals surface area contributed by atoms with E-state index in [4.69, 9.17) is 4.74 Å². The van der Waals surface area contributed by atoms with E-state index in [1.54, 1.807) is 0 Å². The zero-order valence-electron chi connectivity index (χ0n) is 8.74. The van der Waals surface area contributed by atoms with Gasteiger partial charge in [-0.15, -0.1) is 0 Å². The number of carbonyl (C=O) groups is 3. The maximum Gasteiger partial charge on any atom is 0.346 e. The number of esters is 2. The smallest absolute Gasteiger partial charge is 0.346 e. The van der Waals surface area contributed by atoms with Crippen LogP contribution in [0.15, 0.2) is 12.2 Å². The summed E-state index contributed by atoms with van der Waals surface area (Å²) in [6, 6.07) is -0.406. The van der Waals surface area contributed by atoms with Crippen molar-refractivity contribution in [3.05, 3.63) is 12.2 Å². The Balaban J connectivity index is 2.23. The van der Waals surface area contributed by atoms with E-state index in [-0.39, 0.29) is 12.1 Å². The highest BCUT2D eigenvalue weighted by Crippen LogP contribution is 1.96. The summed E-state index contributed by atoms with van der Waals surface area (Å²) in [5.41, 5.74) is 0.198. The highest BCUT2D eigenvalue weighted by Gasteiger charge is 2.23. The van der Waals surface area contributed by atoms with Gasteiger partial charge in [-0.25, -0.2) is 14.4 Å². The Kier molecular flexibility index (Phi) is 3.87. The molecule has 1 atom stereocenters. The molecule has 0 spiro atoms. The highest BCUT2D eigenvalue weighted by molar-refractivity contribution is 5.88. The van der Waals surface area contributed by atoms with Crippen molar-refractivity contribution in [3.63, 3.8) is 0 Å². The van der Waals surface area contributed by atoms with Crippen LogP contribution in [-0.2, 0) is 19.1 Å². The van der Waals surface area contributed by atoms with Gasteiger partial charge in [-0.3, -0.25) is 0 Å². The molecule has 7 nitrogen and oxygen atoms in total. The molecule has 0 radical (unpaired) electrons. The molecule has 0 aliphatic carbocycles. The fourth-order valence-corrected chi connectivity index (χ4v) is 0.945.